The summed E-state index contributed by atoms with van der Waals surface area (Å²) in [5.41, 5.74) is 9.65. The monoisotopic (exact) mass is 291 g/mol. The van der Waals surface area contributed by atoms with Gasteiger partial charge in [0.15, 0.2) is 5.52 Å². The molecule has 0 radical (unpaired) electrons. The van der Waals surface area contributed by atoms with Crippen LogP contribution in [-0.4, -0.2) is 45.5 Å². The number of fused-ring (bicyclic) bond motifs is 1. The molecule has 2 aromatic rings. The Hall–Kier alpha value is -1.73. The van der Waals surface area contributed by atoms with Crippen LogP contribution in [0.1, 0.15) is 31.5 Å². The lowest BCUT2D eigenvalue weighted by Gasteiger charge is -2.23. The van der Waals surface area contributed by atoms with Gasteiger partial charge in [-0.2, -0.15) is 0 Å². The number of ether oxygens (including phenoxy) is 1. The maximum Gasteiger partial charge on any atom is 0.226 e. The van der Waals surface area contributed by atoms with Crippen LogP contribution in [0.2, 0.25) is 0 Å². The van der Waals surface area contributed by atoms with Gasteiger partial charge in [0, 0.05) is 30.9 Å². The highest BCUT2D eigenvalue weighted by molar-refractivity contribution is 5.85. The van der Waals surface area contributed by atoms with Crippen LogP contribution < -0.4 is 5.73 Å². The minimum absolute atomic E-state index is 0.0619. The lowest BCUT2D eigenvalue weighted by atomic mass is 10.1. The highest BCUT2D eigenvalue weighted by Gasteiger charge is 2.25. The Kier molecular flexibility index (Phi) is 3.54. The van der Waals surface area contributed by atoms with Crippen molar-refractivity contribution < 1.29 is 9.37 Å². The first-order valence-corrected chi connectivity index (χ1v) is 7.20. The van der Waals surface area contributed by atoms with Crippen LogP contribution in [0.3, 0.4) is 0 Å². The predicted molar refractivity (Wildman–Crippen MR) is 78.7 cm³/mol. The number of aromatic nitrogens is 3. The fourth-order valence-corrected chi connectivity index (χ4v) is 2.63. The molecule has 0 spiro atoms. The van der Waals surface area contributed by atoms with Crippen molar-refractivity contribution >= 4 is 16.9 Å². The standard InChI is InChI=1S/C14H21N5O2/c1-9-10(11(15)12-13(16-9)18-21-17-12)8-19-5-4-14(2,3)20-7-6-19/h4-8,15H2,1-3H3. The van der Waals surface area contributed by atoms with Crippen molar-refractivity contribution in [2.24, 2.45) is 0 Å². The van der Waals surface area contributed by atoms with E-state index < -0.39 is 0 Å². The van der Waals surface area contributed by atoms with Gasteiger partial charge in [0.1, 0.15) is 0 Å². The minimum Gasteiger partial charge on any atom is -0.396 e. The summed E-state index contributed by atoms with van der Waals surface area (Å²) in [5, 5.41) is 7.59. The molecule has 3 heterocycles. The molecule has 7 nitrogen and oxygen atoms in total. The van der Waals surface area contributed by atoms with Crippen LogP contribution in [0.25, 0.3) is 11.2 Å². The van der Waals surface area contributed by atoms with Crippen molar-refractivity contribution in [3.8, 4) is 0 Å². The largest absolute Gasteiger partial charge is 0.396 e. The molecular weight excluding hydrogens is 270 g/mol. The van der Waals surface area contributed by atoms with E-state index in [2.05, 4.69) is 34.0 Å². The molecular formula is C14H21N5O2. The van der Waals surface area contributed by atoms with Gasteiger partial charge in [0.2, 0.25) is 5.65 Å². The maximum absolute atomic E-state index is 6.21. The average molecular weight is 291 g/mol. The second-order valence-corrected chi connectivity index (χ2v) is 6.16. The zero-order chi connectivity index (χ0) is 15.0. The van der Waals surface area contributed by atoms with Gasteiger partial charge >= 0.3 is 0 Å². The van der Waals surface area contributed by atoms with Crippen LogP contribution in [0.5, 0.6) is 0 Å². The Balaban J connectivity index is 1.84. The third-order valence-electron chi connectivity index (χ3n) is 4.07. The van der Waals surface area contributed by atoms with Crippen LogP contribution >= 0.6 is 0 Å². The Bertz CT molecular complexity index is 652. The van der Waals surface area contributed by atoms with Gasteiger partial charge in [-0.15, -0.1) is 0 Å². The molecule has 114 valence electrons. The number of nitrogen functional groups attached to an aromatic ring is 1. The van der Waals surface area contributed by atoms with Crippen molar-refractivity contribution in [3.05, 3.63) is 11.3 Å². The maximum atomic E-state index is 6.21. The minimum atomic E-state index is -0.0619. The SMILES string of the molecule is Cc1nc2nonc2c(N)c1CN1CCOC(C)(C)CC1. The fourth-order valence-electron chi connectivity index (χ4n) is 2.63. The molecule has 2 aromatic heterocycles. The molecule has 0 unspecified atom stereocenters. The number of pyridine rings is 1. The van der Waals surface area contributed by atoms with E-state index in [4.69, 9.17) is 15.1 Å². The van der Waals surface area contributed by atoms with E-state index in [0.29, 0.717) is 16.9 Å². The van der Waals surface area contributed by atoms with Gasteiger partial charge < -0.3 is 10.5 Å². The van der Waals surface area contributed by atoms with E-state index in [1.807, 2.05) is 6.92 Å². The number of rotatable bonds is 2. The molecule has 0 bridgehead atoms. The summed E-state index contributed by atoms with van der Waals surface area (Å²) in [6, 6.07) is 0. The zero-order valence-corrected chi connectivity index (χ0v) is 12.7. The van der Waals surface area contributed by atoms with Gasteiger partial charge in [-0.25, -0.2) is 9.61 Å². The predicted octanol–water partition coefficient (Wildman–Crippen LogP) is 1.51. The first-order chi connectivity index (χ1) is 9.96. The normalized spacial score (nSPS) is 19.8. The number of hydrogen-bond donors (Lipinski definition) is 1. The highest BCUT2D eigenvalue weighted by Crippen LogP contribution is 2.26. The highest BCUT2D eigenvalue weighted by atomic mass is 16.6. The lowest BCUT2D eigenvalue weighted by molar-refractivity contribution is -0.00863. The summed E-state index contributed by atoms with van der Waals surface area (Å²) >= 11 is 0. The van der Waals surface area contributed by atoms with Crippen molar-refractivity contribution in [1.29, 1.82) is 0 Å². The summed E-state index contributed by atoms with van der Waals surface area (Å²) in [5.74, 6) is 0. The molecule has 3 rings (SSSR count). The number of nitrogens with zero attached hydrogens (tertiary/aromatic N) is 4. The molecule has 0 aromatic carbocycles. The molecule has 0 saturated carbocycles. The molecule has 1 aliphatic heterocycles. The van der Waals surface area contributed by atoms with Gasteiger partial charge in [0.25, 0.3) is 0 Å². The van der Waals surface area contributed by atoms with E-state index >= 15 is 0 Å². The van der Waals surface area contributed by atoms with E-state index in [9.17, 15) is 0 Å². The number of aryl methyl sites for hydroxylation is 1. The molecule has 0 aliphatic carbocycles. The zero-order valence-electron chi connectivity index (χ0n) is 12.7. The fraction of sp³-hybridized carbons (Fsp3) is 0.643. The molecule has 2 N–H and O–H groups in total. The summed E-state index contributed by atoms with van der Waals surface area (Å²) < 4.78 is 10.6. The molecule has 0 atom stereocenters. The number of hydrogen-bond acceptors (Lipinski definition) is 7. The number of anilines is 1. The molecule has 1 saturated heterocycles. The topological polar surface area (TPSA) is 90.3 Å². The van der Waals surface area contributed by atoms with Crippen molar-refractivity contribution in [3.63, 3.8) is 0 Å². The second kappa shape index (κ2) is 5.23. The first kappa shape index (κ1) is 14.2. The molecule has 1 aliphatic rings. The van der Waals surface area contributed by atoms with Crippen LogP contribution in [0.4, 0.5) is 5.69 Å². The first-order valence-electron chi connectivity index (χ1n) is 7.20. The molecule has 0 amide bonds. The van der Waals surface area contributed by atoms with Gasteiger partial charge in [0.05, 0.1) is 17.9 Å². The van der Waals surface area contributed by atoms with Crippen LogP contribution in [0, 0.1) is 6.92 Å². The number of nitrogens with two attached hydrogens (primary N) is 1. The van der Waals surface area contributed by atoms with Crippen molar-refractivity contribution in [2.75, 3.05) is 25.4 Å². The van der Waals surface area contributed by atoms with E-state index in [1.54, 1.807) is 0 Å². The van der Waals surface area contributed by atoms with Gasteiger partial charge in [-0.05, 0) is 37.5 Å². The molecule has 1 fully saturated rings. The smallest absolute Gasteiger partial charge is 0.226 e. The average Bonchev–Trinajstić information content (AvgIpc) is 2.81. The van der Waals surface area contributed by atoms with E-state index in [0.717, 1.165) is 43.9 Å². The third kappa shape index (κ3) is 2.84. The summed E-state index contributed by atoms with van der Waals surface area (Å²) in [7, 11) is 0. The van der Waals surface area contributed by atoms with E-state index in [-0.39, 0.29) is 5.60 Å². The Labute approximate surface area is 123 Å². The van der Waals surface area contributed by atoms with Crippen molar-refractivity contribution in [1.82, 2.24) is 20.2 Å². The Morgan fingerprint density at radius 3 is 2.90 bits per heavy atom. The summed E-state index contributed by atoms with van der Waals surface area (Å²) in [6.07, 6.45) is 0.993. The lowest BCUT2D eigenvalue weighted by Crippen LogP contribution is -2.28. The Morgan fingerprint density at radius 1 is 1.29 bits per heavy atom. The molecule has 7 heteroatoms. The van der Waals surface area contributed by atoms with Crippen molar-refractivity contribution in [2.45, 2.75) is 39.3 Å². The third-order valence-corrected chi connectivity index (χ3v) is 4.07. The van der Waals surface area contributed by atoms with Gasteiger partial charge in [-0.3, -0.25) is 4.90 Å². The quantitative estimate of drug-likeness (QED) is 0.896. The van der Waals surface area contributed by atoms with Gasteiger partial charge in [-0.1, -0.05) is 0 Å². The van der Waals surface area contributed by atoms with Crippen LogP contribution in [0.15, 0.2) is 4.63 Å². The van der Waals surface area contributed by atoms with E-state index in [1.165, 1.54) is 0 Å². The summed E-state index contributed by atoms with van der Waals surface area (Å²) in [4.78, 5) is 6.75. The molecule has 21 heavy (non-hydrogen) atoms. The summed E-state index contributed by atoms with van der Waals surface area (Å²) in [6.45, 7) is 9.53. The Morgan fingerprint density at radius 2 is 2.10 bits per heavy atom. The second-order valence-electron chi connectivity index (χ2n) is 6.16. The van der Waals surface area contributed by atoms with Crippen LogP contribution in [-0.2, 0) is 11.3 Å².